The summed E-state index contributed by atoms with van der Waals surface area (Å²) < 4.78 is 24.4. The summed E-state index contributed by atoms with van der Waals surface area (Å²) in [7, 11) is 0. The molecule has 0 aromatic carbocycles. The first-order chi connectivity index (χ1) is 15.3. The van der Waals surface area contributed by atoms with E-state index in [0.29, 0.717) is 54.2 Å². The number of hydrogen-bond donors (Lipinski definition) is 2. The van der Waals surface area contributed by atoms with Crippen LogP contribution >= 0.6 is 0 Å². The Labute approximate surface area is 189 Å². The Kier molecular flexibility index (Phi) is 5.98. The van der Waals surface area contributed by atoms with Crippen LogP contribution in [0.15, 0.2) is 47.5 Å². The van der Waals surface area contributed by atoms with Crippen LogP contribution in [0.4, 0.5) is 0 Å². The Morgan fingerprint density at radius 1 is 1.23 bits per heavy atom. The lowest BCUT2D eigenvalue weighted by atomic mass is 9.61. The van der Waals surface area contributed by atoms with Crippen molar-refractivity contribution in [2.45, 2.75) is 97.7 Å². The third-order valence-corrected chi connectivity index (χ3v) is 8.45. The van der Waals surface area contributed by atoms with Gasteiger partial charge in [-0.2, -0.15) is 0 Å². The summed E-state index contributed by atoms with van der Waals surface area (Å²) in [5, 5.41) is 20.4. The van der Waals surface area contributed by atoms with Crippen molar-refractivity contribution in [2.75, 3.05) is 0 Å². The predicted molar refractivity (Wildman–Crippen MR) is 127 cm³/mol. The Morgan fingerprint density at radius 2 is 2.00 bits per heavy atom. The lowest BCUT2D eigenvalue weighted by Crippen LogP contribution is -2.35. The molecule has 0 radical (unpaired) electrons. The van der Waals surface area contributed by atoms with Gasteiger partial charge in [-0.1, -0.05) is 62.7 Å². The van der Waals surface area contributed by atoms with Crippen LogP contribution in [0.25, 0.3) is 0 Å². The molecule has 0 aliphatic heterocycles. The van der Waals surface area contributed by atoms with Crippen LogP contribution in [0.1, 0.15) is 90.1 Å². The van der Waals surface area contributed by atoms with Gasteiger partial charge in [-0.05, 0) is 94.0 Å². The molecule has 0 spiro atoms. The maximum atomic E-state index is 10.3. The fraction of sp³-hybridized carbons (Fsp3) is 0.714. The van der Waals surface area contributed by atoms with Crippen LogP contribution < -0.4 is 0 Å². The van der Waals surface area contributed by atoms with E-state index in [-0.39, 0.29) is 17.9 Å². The molecule has 0 amide bonds. The molecule has 3 aliphatic carbocycles. The third kappa shape index (κ3) is 5.02. The van der Waals surface area contributed by atoms with E-state index >= 15 is 0 Å². The van der Waals surface area contributed by atoms with Gasteiger partial charge in [0, 0.05) is 5.92 Å². The smallest absolute Gasteiger partial charge is 0.0651 e. The van der Waals surface area contributed by atoms with Gasteiger partial charge in [-0.3, -0.25) is 0 Å². The van der Waals surface area contributed by atoms with Crippen LogP contribution in [-0.2, 0) is 0 Å². The van der Waals surface area contributed by atoms with E-state index < -0.39 is 11.7 Å². The highest BCUT2D eigenvalue weighted by molar-refractivity contribution is 5.36. The van der Waals surface area contributed by atoms with Crippen molar-refractivity contribution in [3.05, 3.63) is 47.5 Å². The minimum atomic E-state index is -0.713. The molecule has 2 heteroatoms. The van der Waals surface area contributed by atoms with Crippen molar-refractivity contribution in [3.63, 3.8) is 0 Å². The molecule has 30 heavy (non-hydrogen) atoms. The standard InChI is InChI=1S/C28H44O2/c1-19-10-14-24(29)18-23(19)13-12-22-8-7-17-28(6)25(15-16-26(22)28)20(2)9-11-21(3)27(4,5)30/h9,11-13,20-21,24-26,29-30H,1,7-8,10,14-18H2,2-6H3/b11-9+,22-12?,23-13?/t20-,21+,24+,25-,26?,28-/m1/s1/i1D2,13D. The van der Waals surface area contributed by atoms with E-state index in [1.807, 2.05) is 19.9 Å². The summed E-state index contributed by atoms with van der Waals surface area (Å²) in [4.78, 5) is 0. The molecule has 6 atom stereocenters. The van der Waals surface area contributed by atoms with E-state index in [1.54, 1.807) is 0 Å². The number of allylic oxidation sites excluding steroid dienone is 5. The van der Waals surface area contributed by atoms with Gasteiger partial charge in [0.15, 0.2) is 0 Å². The van der Waals surface area contributed by atoms with E-state index in [1.165, 1.54) is 18.4 Å². The van der Waals surface area contributed by atoms with Crippen LogP contribution in [0, 0.1) is 29.1 Å². The molecule has 0 saturated heterocycles. The van der Waals surface area contributed by atoms with Crippen LogP contribution in [0.2, 0.25) is 0 Å². The molecule has 2 N–H and O–H groups in total. The number of aliphatic hydroxyl groups is 2. The minimum Gasteiger partial charge on any atom is -0.393 e. The van der Waals surface area contributed by atoms with E-state index in [2.05, 4.69) is 32.9 Å². The average Bonchev–Trinajstić information content (AvgIpc) is 3.08. The fourth-order valence-corrected chi connectivity index (χ4v) is 6.08. The van der Waals surface area contributed by atoms with Crippen LogP contribution in [0.5, 0.6) is 0 Å². The number of aliphatic hydroxyl groups excluding tert-OH is 1. The van der Waals surface area contributed by atoms with Crippen LogP contribution in [-0.4, -0.2) is 21.9 Å². The van der Waals surface area contributed by atoms with Gasteiger partial charge in [0.2, 0.25) is 0 Å². The molecule has 2 nitrogen and oxygen atoms in total. The molecule has 0 bridgehead atoms. The van der Waals surface area contributed by atoms with E-state index in [0.717, 1.165) is 19.3 Å². The zero-order chi connectivity index (χ0) is 24.6. The number of rotatable bonds is 5. The lowest BCUT2D eigenvalue weighted by molar-refractivity contribution is 0.0436. The lowest BCUT2D eigenvalue weighted by Gasteiger charge is -2.44. The zero-order valence-corrected chi connectivity index (χ0v) is 19.7. The van der Waals surface area contributed by atoms with Crippen molar-refractivity contribution < 1.29 is 14.3 Å². The number of hydrogen-bond acceptors (Lipinski definition) is 2. The highest BCUT2D eigenvalue weighted by Gasteiger charge is 2.50. The molecular weight excluding hydrogens is 368 g/mol. The minimum absolute atomic E-state index is 0.108. The predicted octanol–water partition coefficient (Wildman–Crippen LogP) is 6.76. The highest BCUT2D eigenvalue weighted by atomic mass is 16.3. The molecule has 3 rings (SSSR count). The first-order valence-electron chi connectivity index (χ1n) is 13.5. The van der Waals surface area contributed by atoms with Crippen molar-refractivity contribution in [1.82, 2.24) is 0 Å². The molecule has 3 saturated carbocycles. The largest absolute Gasteiger partial charge is 0.393 e. The Hall–Kier alpha value is -1.12. The summed E-state index contributed by atoms with van der Waals surface area (Å²) in [6, 6.07) is 0.399. The summed E-state index contributed by atoms with van der Waals surface area (Å²) in [5.41, 5.74) is 2.16. The molecule has 3 fully saturated rings. The highest BCUT2D eigenvalue weighted by Crippen LogP contribution is 2.59. The van der Waals surface area contributed by atoms with Crippen LogP contribution in [0.3, 0.4) is 0 Å². The number of fused-ring (bicyclic) bond motifs is 1. The maximum absolute atomic E-state index is 10.3. The summed E-state index contributed by atoms with van der Waals surface area (Å²) >= 11 is 0. The van der Waals surface area contributed by atoms with Crippen molar-refractivity contribution in [2.24, 2.45) is 29.1 Å². The first kappa shape index (κ1) is 19.6. The van der Waals surface area contributed by atoms with Gasteiger partial charge in [0.25, 0.3) is 0 Å². The van der Waals surface area contributed by atoms with Gasteiger partial charge in [-0.25, -0.2) is 0 Å². The SMILES string of the molecule is [2H]C([2H])=C1CC[C@H](O)CC1=C([2H])C=C1CCC[C@@]2(C)C1CC[C@@H]2[C@H](C)/C=C/[C@H](C)C(C)(C)O. The molecule has 0 aromatic heterocycles. The molecular formula is C28H44O2. The second-order valence-corrected chi connectivity index (χ2v) is 11.0. The molecule has 0 heterocycles. The third-order valence-electron chi connectivity index (χ3n) is 8.45. The molecule has 1 unspecified atom stereocenters. The normalized spacial score (nSPS) is 39.3. The maximum Gasteiger partial charge on any atom is 0.0651 e. The van der Waals surface area contributed by atoms with Gasteiger partial charge in [-0.15, -0.1) is 0 Å². The van der Waals surface area contributed by atoms with Gasteiger partial charge in [0.05, 0.1) is 15.8 Å². The second kappa shape index (κ2) is 9.17. The van der Waals surface area contributed by atoms with Gasteiger partial charge >= 0.3 is 0 Å². The van der Waals surface area contributed by atoms with Gasteiger partial charge < -0.3 is 10.2 Å². The van der Waals surface area contributed by atoms with Crippen molar-refractivity contribution >= 4 is 0 Å². The van der Waals surface area contributed by atoms with E-state index in [9.17, 15) is 10.2 Å². The summed E-state index contributed by atoms with van der Waals surface area (Å²) in [6.45, 7) is 10.3. The Bertz CT molecular complexity index is 844. The summed E-state index contributed by atoms with van der Waals surface area (Å²) in [5.74, 6) is 1.59. The first-order valence-corrected chi connectivity index (χ1v) is 12.0. The Morgan fingerprint density at radius 3 is 2.70 bits per heavy atom. The van der Waals surface area contributed by atoms with Crippen molar-refractivity contribution in [3.8, 4) is 0 Å². The van der Waals surface area contributed by atoms with Crippen molar-refractivity contribution in [1.29, 1.82) is 0 Å². The summed E-state index contributed by atoms with van der Waals surface area (Å²) in [6.07, 6.45) is 13.2. The Balaban J connectivity index is 1.85. The fourth-order valence-electron chi connectivity index (χ4n) is 6.08. The molecule has 168 valence electrons. The topological polar surface area (TPSA) is 40.5 Å². The monoisotopic (exact) mass is 415 g/mol. The molecule has 3 aliphatic rings. The average molecular weight is 416 g/mol. The molecule has 0 aromatic rings. The second-order valence-electron chi connectivity index (χ2n) is 11.0. The van der Waals surface area contributed by atoms with Gasteiger partial charge in [0.1, 0.15) is 0 Å². The van der Waals surface area contributed by atoms with E-state index in [4.69, 9.17) is 4.11 Å². The quantitative estimate of drug-likeness (QED) is 0.487. The zero-order valence-electron chi connectivity index (χ0n) is 22.7.